The molecule has 0 saturated carbocycles. The summed E-state index contributed by atoms with van der Waals surface area (Å²) in [7, 11) is 0. The molecule has 3 aromatic carbocycles. The highest BCUT2D eigenvalue weighted by molar-refractivity contribution is 6.30. The van der Waals surface area contributed by atoms with Gasteiger partial charge in [0.1, 0.15) is 12.6 Å². The van der Waals surface area contributed by atoms with Crippen LogP contribution >= 0.6 is 11.6 Å². The van der Waals surface area contributed by atoms with Crippen LogP contribution in [0, 0.1) is 13.8 Å². The van der Waals surface area contributed by atoms with Crippen molar-refractivity contribution >= 4 is 34.4 Å². The lowest BCUT2D eigenvalue weighted by Gasteiger charge is -2.19. The zero-order valence-corrected chi connectivity index (χ0v) is 20.2. The molecule has 0 spiro atoms. The molecular formula is C28H25ClN2O4. The van der Waals surface area contributed by atoms with Gasteiger partial charge in [0, 0.05) is 34.0 Å². The van der Waals surface area contributed by atoms with Crippen molar-refractivity contribution in [2.45, 2.75) is 32.9 Å². The molecule has 0 aliphatic rings. The molecule has 1 heterocycles. The Balaban J connectivity index is 1.60. The summed E-state index contributed by atoms with van der Waals surface area (Å²) in [6, 6.07) is 20.0. The molecule has 6 nitrogen and oxygen atoms in total. The molecule has 0 fully saturated rings. The van der Waals surface area contributed by atoms with Crippen molar-refractivity contribution in [3.8, 4) is 0 Å². The molecule has 0 radical (unpaired) electrons. The van der Waals surface area contributed by atoms with Gasteiger partial charge >= 0.3 is 5.97 Å². The number of benzene rings is 3. The highest BCUT2D eigenvalue weighted by Gasteiger charge is 2.25. The van der Waals surface area contributed by atoms with Crippen LogP contribution in [0.2, 0.25) is 5.02 Å². The fourth-order valence-electron chi connectivity index (χ4n) is 3.85. The highest BCUT2D eigenvalue weighted by Crippen LogP contribution is 2.18. The van der Waals surface area contributed by atoms with Gasteiger partial charge < -0.3 is 15.0 Å². The molecule has 1 unspecified atom stereocenters. The topological polar surface area (TPSA) is 88.3 Å². The third kappa shape index (κ3) is 5.97. The number of amides is 1. The van der Waals surface area contributed by atoms with E-state index in [1.807, 2.05) is 50.2 Å². The first kappa shape index (κ1) is 24.2. The Bertz CT molecular complexity index is 1440. The van der Waals surface area contributed by atoms with Crippen LogP contribution < -0.4 is 10.9 Å². The molecule has 0 bridgehead atoms. The van der Waals surface area contributed by atoms with Crippen LogP contribution in [0.1, 0.15) is 32.6 Å². The molecule has 0 aliphatic carbocycles. The number of H-pyrrole nitrogens is 1. The molecular weight excluding hydrogens is 464 g/mol. The summed E-state index contributed by atoms with van der Waals surface area (Å²) in [6.45, 7) is 4.08. The van der Waals surface area contributed by atoms with Gasteiger partial charge in [-0.15, -0.1) is 0 Å². The largest absolute Gasteiger partial charge is 0.459 e. The van der Waals surface area contributed by atoms with Crippen LogP contribution in [0.15, 0.2) is 77.6 Å². The molecule has 178 valence electrons. The predicted molar refractivity (Wildman–Crippen MR) is 137 cm³/mol. The number of pyridine rings is 1. The minimum atomic E-state index is -1.00. The van der Waals surface area contributed by atoms with Gasteiger partial charge in [0.15, 0.2) is 0 Å². The van der Waals surface area contributed by atoms with Crippen molar-refractivity contribution < 1.29 is 14.3 Å². The molecule has 1 atom stereocenters. The highest BCUT2D eigenvalue weighted by atomic mass is 35.5. The van der Waals surface area contributed by atoms with Crippen molar-refractivity contribution in [3.05, 3.63) is 116 Å². The van der Waals surface area contributed by atoms with Gasteiger partial charge in [-0.05, 0) is 66.4 Å². The van der Waals surface area contributed by atoms with Crippen LogP contribution in [0.25, 0.3) is 10.9 Å². The quantitative estimate of drug-likeness (QED) is 0.363. The van der Waals surface area contributed by atoms with E-state index in [0.717, 1.165) is 22.1 Å². The first-order valence-electron chi connectivity index (χ1n) is 11.2. The number of aryl methyl sites for hydroxylation is 2. The number of esters is 1. The van der Waals surface area contributed by atoms with Crippen molar-refractivity contribution in [1.29, 1.82) is 0 Å². The Morgan fingerprint density at radius 2 is 1.71 bits per heavy atom. The lowest BCUT2D eigenvalue weighted by molar-refractivity contribution is -0.147. The first-order valence-corrected chi connectivity index (χ1v) is 11.6. The van der Waals surface area contributed by atoms with Gasteiger partial charge in [-0.1, -0.05) is 48.0 Å². The van der Waals surface area contributed by atoms with Crippen LogP contribution in [-0.4, -0.2) is 22.9 Å². The Morgan fingerprint density at radius 1 is 0.971 bits per heavy atom. The van der Waals surface area contributed by atoms with E-state index >= 15 is 0 Å². The summed E-state index contributed by atoms with van der Waals surface area (Å²) >= 11 is 5.93. The molecule has 35 heavy (non-hydrogen) atoms. The minimum Gasteiger partial charge on any atom is -0.459 e. The zero-order valence-electron chi connectivity index (χ0n) is 19.4. The standard InChI is InChI=1S/C28H25ClN2O4/c1-17-7-8-19(13-18(17)2)16-35-28(34)25(31-27(33)20-9-11-22(29)12-10-20)14-21-15-26(32)30-24-6-4-3-5-23(21)24/h3-13,15,25H,14,16H2,1-2H3,(H,30,32)(H,31,33). The number of hydrogen-bond acceptors (Lipinski definition) is 4. The number of para-hydroxylation sites is 1. The molecule has 0 saturated heterocycles. The number of carbonyl (C=O) groups excluding carboxylic acids is 2. The molecule has 4 rings (SSSR count). The number of nitrogens with one attached hydrogen (secondary N) is 2. The van der Waals surface area contributed by atoms with E-state index in [4.69, 9.17) is 16.3 Å². The number of aromatic nitrogens is 1. The number of hydrogen-bond donors (Lipinski definition) is 2. The van der Waals surface area contributed by atoms with Crippen LogP contribution in [0.4, 0.5) is 0 Å². The minimum absolute atomic E-state index is 0.0728. The Hall–Kier alpha value is -3.90. The molecule has 1 amide bonds. The van der Waals surface area contributed by atoms with Gasteiger partial charge in [-0.2, -0.15) is 0 Å². The number of fused-ring (bicyclic) bond motifs is 1. The molecule has 4 aromatic rings. The maximum absolute atomic E-state index is 13.2. The van der Waals surface area contributed by atoms with Gasteiger partial charge in [-0.25, -0.2) is 4.79 Å². The average molecular weight is 489 g/mol. The van der Waals surface area contributed by atoms with E-state index in [9.17, 15) is 14.4 Å². The van der Waals surface area contributed by atoms with Gasteiger partial charge in [0.05, 0.1) is 0 Å². The van der Waals surface area contributed by atoms with Crippen LogP contribution in [-0.2, 0) is 22.6 Å². The Kier molecular flexibility index (Phi) is 7.32. The maximum atomic E-state index is 13.2. The SMILES string of the molecule is Cc1ccc(COC(=O)C(Cc2cc(=O)[nH]c3ccccc23)NC(=O)c2ccc(Cl)cc2)cc1C. The van der Waals surface area contributed by atoms with E-state index < -0.39 is 17.9 Å². The lowest BCUT2D eigenvalue weighted by atomic mass is 10.0. The van der Waals surface area contributed by atoms with E-state index in [1.54, 1.807) is 30.3 Å². The summed E-state index contributed by atoms with van der Waals surface area (Å²) < 4.78 is 5.59. The maximum Gasteiger partial charge on any atom is 0.329 e. The molecule has 0 aliphatic heterocycles. The van der Waals surface area contributed by atoms with E-state index in [1.165, 1.54) is 6.07 Å². The molecule has 2 N–H and O–H groups in total. The number of rotatable bonds is 7. The Morgan fingerprint density at radius 3 is 2.46 bits per heavy atom. The number of aromatic amines is 1. The molecule has 7 heteroatoms. The summed E-state index contributed by atoms with van der Waals surface area (Å²) in [4.78, 5) is 41.1. The number of halogens is 1. The third-order valence-electron chi connectivity index (χ3n) is 5.91. The van der Waals surface area contributed by atoms with E-state index in [0.29, 0.717) is 21.7 Å². The van der Waals surface area contributed by atoms with Gasteiger partial charge in [-0.3, -0.25) is 9.59 Å². The summed E-state index contributed by atoms with van der Waals surface area (Å²) in [5.41, 5.74) is 4.46. The smallest absolute Gasteiger partial charge is 0.329 e. The average Bonchev–Trinajstić information content (AvgIpc) is 2.84. The first-order chi connectivity index (χ1) is 16.8. The number of carbonyl (C=O) groups is 2. The van der Waals surface area contributed by atoms with Crippen molar-refractivity contribution in [2.24, 2.45) is 0 Å². The lowest BCUT2D eigenvalue weighted by Crippen LogP contribution is -2.43. The fourth-order valence-corrected chi connectivity index (χ4v) is 3.98. The summed E-state index contributed by atoms with van der Waals surface area (Å²) in [5, 5.41) is 4.07. The second-order valence-electron chi connectivity index (χ2n) is 8.47. The van der Waals surface area contributed by atoms with Gasteiger partial charge in [0.2, 0.25) is 5.56 Å². The third-order valence-corrected chi connectivity index (χ3v) is 6.16. The van der Waals surface area contributed by atoms with Crippen molar-refractivity contribution in [1.82, 2.24) is 10.3 Å². The van der Waals surface area contributed by atoms with Crippen molar-refractivity contribution in [2.75, 3.05) is 0 Å². The normalized spacial score (nSPS) is 11.7. The second kappa shape index (κ2) is 10.6. The van der Waals surface area contributed by atoms with E-state index in [-0.39, 0.29) is 18.6 Å². The monoisotopic (exact) mass is 488 g/mol. The zero-order chi connectivity index (χ0) is 24.9. The summed E-state index contributed by atoms with van der Waals surface area (Å²) in [6.07, 6.45) is 0.0928. The van der Waals surface area contributed by atoms with Gasteiger partial charge in [0.25, 0.3) is 5.91 Å². The second-order valence-corrected chi connectivity index (χ2v) is 8.90. The predicted octanol–water partition coefficient (Wildman–Crippen LogP) is 4.88. The number of ether oxygens (including phenoxy) is 1. The van der Waals surface area contributed by atoms with Crippen LogP contribution in [0.3, 0.4) is 0 Å². The fraction of sp³-hybridized carbons (Fsp3) is 0.179. The summed E-state index contributed by atoms with van der Waals surface area (Å²) in [5.74, 6) is -1.03. The molecule has 1 aromatic heterocycles. The van der Waals surface area contributed by atoms with Crippen molar-refractivity contribution in [3.63, 3.8) is 0 Å². The Labute approximate surface area is 207 Å². The van der Waals surface area contributed by atoms with E-state index in [2.05, 4.69) is 10.3 Å². The van der Waals surface area contributed by atoms with Crippen LogP contribution in [0.5, 0.6) is 0 Å².